The normalized spacial score (nSPS) is 19.2. The molecule has 2 aromatic rings. The average molecular weight is 338 g/mol. The molecule has 1 fully saturated rings. The Labute approximate surface area is 145 Å². The van der Waals surface area contributed by atoms with E-state index in [1.165, 1.54) is 0 Å². The average Bonchev–Trinajstić information content (AvgIpc) is 3.46. The van der Waals surface area contributed by atoms with Crippen LogP contribution in [-0.4, -0.2) is 35.0 Å². The van der Waals surface area contributed by atoms with Gasteiger partial charge in [-0.2, -0.15) is 0 Å². The molecule has 6 nitrogen and oxygen atoms in total. The van der Waals surface area contributed by atoms with Gasteiger partial charge in [0.15, 0.2) is 0 Å². The van der Waals surface area contributed by atoms with E-state index in [0.717, 1.165) is 24.1 Å². The summed E-state index contributed by atoms with van der Waals surface area (Å²) in [6.07, 6.45) is 1.66. The van der Waals surface area contributed by atoms with Crippen LogP contribution in [0.1, 0.15) is 45.3 Å². The van der Waals surface area contributed by atoms with Gasteiger partial charge in [0.05, 0.1) is 18.2 Å². The zero-order valence-corrected chi connectivity index (χ0v) is 13.7. The van der Waals surface area contributed by atoms with E-state index < -0.39 is 5.97 Å². The number of hydrogen-bond acceptors (Lipinski definition) is 4. The molecular weight excluding hydrogens is 320 g/mol. The number of ether oxygens (including phenoxy) is 1. The van der Waals surface area contributed by atoms with Gasteiger partial charge in [0.25, 0.3) is 5.91 Å². The van der Waals surface area contributed by atoms with Crippen molar-refractivity contribution in [2.45, 2.75) is 25.0 Å². The van der Waals surface area contributed by atoms with Crippen molar-refractivity contribution in [3.8, 4) is 5.75 Å². The number of benzene rings is 2. The smallest absolute Gasteiger partial charge is 0.335 e. The van der Waals surface area contributed by atoms with Crippen molar-refractivity contribution < 1.29 is 19.4 Å². The molecule has 128 valence electrons. The minimum absolute atomic E-state index is 0.0255. The maximum atomic E-state index is 13.1. The predicted molar refractivity (Wildman–Crippen MR) is 92.0 cm³/mol. The van der Waals surface area contributed by atoms with Crippen molar-refractivity contribution in [2.24, 2.45) is 0 Å². The molecule has 2 aliphatic rings. The fourth-order valence-electron chi connectivity index (χ4n) is 3.21. The third-order valence-electron chi connectivity index (χ3n) is 4.68. The molecule has 1 aliphatic heterocycles. The number of carbonyl (C=O) groups is 2. The molecule has 0 bridgehead atoms. The molecule has 1 amide bonds. The lowest BCUT2D eigenvalue weighted by Crippen LogP contribution is -2.44. The molecule has 6 heteroatoms. The van der Waals surface area contributed by atoms with E-state index in [1.54, 1.807) is 37.4 Å². The van der Waals surface area contributed by atoms with Crippen molar-refractivity contribution in [1.29, 1.82) is 0 Å². The van der Waals surface area contributed by atoms with Gasteiger partial charge in [-0.1, -0.05) is 12.1 Å². The van der Waals surface area contributed by atoms with E-state index in [0.29, 0.717) is 11.3 Å². The molecule has 1 unspecified atom stereocenters. The number of nitrogens with one attached hydrogen (secondary N) is 1. The number of carboxylic acid groups (broad SMARTS) is 1. The first-order chi connectivity index (χ1) is 12.1. The third kappa shape index (κ3) is 2.69. The van der Waals surface area contributed by atoms with Crippen molar-refractivity contribution in [3.63, 3.8) is 0 Å². The van der Waals surface area contributed by atoms with Crippen LogP contribution in [0.4, 0.5) is 5.69 Å². The summed E-state index contributed by atoms with van der Waals surface area (Å²) < 4.78 is 5.23. The number of carbonyl (C=O) groups excluding carboxylic acids is 1. The second kappa shape index (κ2) is 5.81. The predicted octanol–water partition coefficient (Wildman–Crippen LogP) is 3.12. The van der Waals surface area contributed by atoms with Gasteiger partial charge in [0.1, 0.15) is 11.9 Å². The lowest BCUT2D eigenvalue weighted by atomic mass is 10.0. The molecule has 0 saturated heterocycles. The first-order valence-electron chi connectivity index (χ1n) is 8.19. The van der Waals surface area contributed by atoms with Gasteiger partial charge in [-0.3, -0.25) is 4.79 Å². The summed E-state index contributed by atoms with van der Waals surface area (Å²) in [4.78, 5) is 26.0. The number of aromatic carboxylic acids is 1. The topological polar surface area (TPSA) is 78.9 Å². The number of fused-ring (bicyclic) bond motifs is 1. The molecule has 0 spiro atoms. The minimum Gasteiger partial charge on any atom is -0.497 e. The van der Waals surface area contributed by atoms with Crippen LogP contribution in [0, 0.1) is 0 Å². The summed E-state index contributed by atoms with van der Waals surface area (Å²) in [5, 5.41) is 12.5. The van der Waals surface area contributed by atoms with Crippen molar-refractivity contribution in [3.05, 3.63) is 59.2 Å². The Bertz CT molecular complexity index is 843. The fourth-order valence-corrected chi connectivity index (χ4v) is 3.21. The Kier molecular flexibility index (Phi) is 3.60. The van der Waals surface area contributed by atoms with Crippen LogP contribution >= 0.6 is 0 Å². The molecule has 2 N–H and O–H groups in total. The Morgan fingerprint density at radius 2 is 1.92 bits per heavy atom. The van der Waals surface area contributed by atoms with Crippen LogP contribution in [0.25, 0.3) is 0 Å². The van der Waals surface area contributed by atoms with Gasteiger partial charge in [0, 0.05) is 11.7 Å². The van der Waals surface area contributed by atoms with Gasteiger partial charge in [-0.05, 0) is 48.7 Å². The summed E-state index contributed by atoms with van der Waals surface area (Å²) in [6, 6.07) is 12.3. The van der Waals surface area contributed by atoms with Crippen molar-refractivity contribution >= 4 is 17.6 Å². The summed E-state index contributed by atoms with van der Waals surface area (Å²) in [6.45, 7) is 0. The number of anilines is 1. The minimum atomic E-state index is -0.962. The number of methoxy groups -OCH3 is 1. The summed E-state index contributed by atoms with van der Waals surface area (Å²) in [7, 11) is 1.58. The van der Waals surface area contributed by atoms with Gasteiger partial charge in [-0.25, -0.2) is 4.79 Å². The quantitative estimate of drug-likeness (QED) is 0.895. The van der Waals surface area contributed by atoms with Gasteiger partial charge < -0.3 is 20.1 Å². The molecule has 1 atom stereocenters. The maximum absolute atomic E-state index is 13.1. The number of hydrogen-bond donors (Lipinski definition) is 2. The first kappa shape index (κ1) is 15.5. The number of carboxylic acids is 1. The second-order valence-electron chi connectivity index (χ2n) is 6.33. The Morgan fingerprint density at radius 3 is 2.52 bits per heavy atom. The lowest BCUT2D eigenvalue weighted by Gasteiger charge is -2.38. The number of nitrogens with zero attached hydrogens (tertiary/aromatic N) is 1. The molecule has 1 saturated carbocycles. The Hall–Kier alpha value is -3.02. The highest BCUT2D eigenvalue weighted by atomic mass is 16.5. The molecule has 1 heterocycles. The van der Waals surface area contributed by atoms with Gasteiger partial charge >= 0.3 is 5.97 Å². The SMILES string of the molecule is COc1ccc2c(c1)C(=O)N(C1CC1)C(c1ccc(C(=O)O)cc1)N2. The van der Waals surface area contributed by atoms with Crippen LogP contribution in [0.15, 0.2) is 42.5 Å². The fraction of sp³-hybridized carbons (Fsp3) is 0.263. The highest BCUT2D eigenvalue weighted by Gasteiger charge is 2.42. The van der Waals surface area contributed by atoms with Crippen LogP contribution in [0.5, 0.6) is 5.75 Å². The van der Waals surface area contributed by atoms with Gasteiger partial charge in [-0.15, -0.1) is 0 Å². The Balaban J connectivity index is 1.73. The van der Waals surface area contributed by atoms with E-state index in [9.17, 15) is 9.59 Å². The largest absolute Gasteiger partial charge is 0.497 e. The number of amides is 1. The molecule has 4 rings (SSSR count). The molecule has 0 radical (unpaired) electrons. The summed E-state index contributed by atoms with van der Waals surface area (Å²) in [5.41, 5.74) is 2.46. The van der Waals surface area contributed by atoms with E-state index in [4.69, 9.17) is 9.84 Å². The molecule has 2 aromatic carbocycles. The second-order valence-corrected chi connectivity index (χ2v) is 6.33. The van der Waals surface area contributed by atoms with Crippen LogP contribution in [0.3, 0.4) is 0 Å². The monoisotopic (exact) mass is 338 g/mol. The van der Waals surface area contributed by atoms with Crippen molar-refractivity contribution in [2.75, 3.05) is 12.4 Å². The molecule has 25 heavy (non-hydrogen) atoms. The Morgan fingerprint density at radius 1 is 1.20 bits per heavy atom. The highest BCUT2D eigenvalue weighted by molar-refractivity contribution is 6.02. The molecule has 1 aliphatic carbocycles. The van der Waals surface area contributed by atoms with Crippen LogP contribution < -0.4 is 10.1 Å². The van der Waals surface area contributed by atoms with Gasteiger partial charge in [0.2, 0.25) is 0 Å². The maximum Gasteiger partial charge on any atom is 0.335 e. The summed E-state index contributed by atoms with van der Waals surface area (Å²) in [5.74, 6) is -0.341. The van der Waals surface area contributed by atoms with Crippen LogP contribution in [0.2, 0.25) is 0 Å². The van der Waals surface area contributed by atoms with E-state index >= 15 is 0 Å². The first-order valence-corrected chi connectivity index (χ1v) is 8.19. The highest BCUT2D eigenvalue weighted by Crippen LogP contribution is 2.41. The third-order valence-corrected chi connectivity index (χ3v) is 4.68. The summed E-state index contributed by atoms with van der Waals surface area (Å²) >= 11 is 0. The standard InChI is InChI=1S/C19H18N2O4/c1-25-14-8-9-16-15(10-14)18(22)21(13-6-7-13)17(20-16)11-2-4-12(5-3-11)19(23)24/h2-5,8-10,13,17,20H,6-7H2,1H3,(H,23,24). The molecule has 0 aromatic heterocycles. The van der Waals surface area contributed by atoms with Crippen molar-refractivity contribution in [1.82, 2.24) is 4.90 Å². The van der Waals surface area contributed by atoms with E-state index in [-0.39, 0.29) is 23.7 Å². The lowest BCUT2D eigenvalue weighted by molar-refractivity contribution is 0.0661. The molecular formula is C19H18N2O4. The zero-order chi connectivity index (χ0) is 17.6. The van der Waals surface area contributed by atoms with E-state index in [2.05, 4.69) is 5.32 Å². The van der Waals surface area contributed by atoms with E-state index in [1.807, 2.05) is 17.0 Å². The number of rotatable bonds is 4. The zero-order valence-electron chi connectivity index (χ0n) is 13.7. The van der Waals surface area contributed by atoms with Crippen LogP contribution in [-0.2, 0) is 0 Å².